The summed E-state index contributed by atoms with van der Waals surface area (Å²) in [7, 11) is 0. The Balaban J connectivity index is 0.000000502. The second-order valence-electron chi connectivity index (χ2n) is 5.28. The molecule has 0 saturated heterocycles. The summed E-state index contributed by atoms with van der Waals surface area (Å²) in [5.74, 6) is -1.28. The van der Waals surface area contributed by atoms with Crippen LogP contribution in [0.4, 0.5) is 0 Å². The van der Waals surface area contributed by atoms with E-state index in [1.807, 2.05) is 0 Å². The Kier molecular flexibility index (Phi) is 12.1. The van der Waals surface area contributed by atoms with Gasteiger partial charge in [0.05, 0.1) is 0 Å². The third-order valence-electron chi connectivity index (χ3n) is 3.11. The molecule has 0 aliphatic rings. The SMILES string of the molecule is O=C(O)CCCCCCCCCC(=O)O.Oc1cccc(O)c1. The van der Waals surface area contributed by atoms with Gasteiger partial charge >= 0.3 is 11.9 Å². The van der Waals surface area contributed by atoms with Crippen molar-refractivity contribution in [2.75, 3.05) is 0 Å². The Morgan fingerprint density at radius 2 is 1.04 bits per heavy atom. The molecule has 1 rings (SSSR count). The van der Waals surface area contributed by atoms with Crippen molar-refractivity contribution in [3.63, 3.8) is 0 Å². The Hall–Kier alpha value is -2.24. The van der Waals surface area contributed by atoms with Crippen LogP contribution in [0, 0.1) is 0 Å². The summed E-state index contributed by atoms with van der Waals surface area (Å²) in [4.78, 5) is 20.4. The predicted octanol–water partition coefficient (Wildman–Crippen LogP) is 3.76. The molecular formula is C17H26O6. The van der Waals surface area contributed by atoms with Gasteiger partial charge in [-0.2, -0.15) is 0 Å². The molecule has 0 aliphatic carbocycles. The van der Waals surface area contributed by atoms with Crippen molar-refractivity contribution in [1.82, 2.24) is 0 Å². The van der Waals surface area contributed by atoms with E-state index in [9.17, 15) is 9.59 Å². The lowest BCUT2D eigenvalue weighted by Crippen LogP contribution is -1.94. The van der Waals surface area contributed by atoms with Crippen LogP contribution in [0.5, 0.6) is 11.5 Å². The van der Waals surface area contributed by atoms with E-state index < -0.39 is 11.9 Å². The molecule has 1 aromatic carbocycles. The highest BCUT2D eigenvalue weighted by atomic mass is 16.4. The van der Waals surface area contributed by atoms with Crippen molar-refractivity contribution < 1.29 is 30.0 Å². The van der Waals surface area contributed by atoms with E-state index in [1.54, 1.807) is 6.07 Å². The van der Waals surface area contributed by atoms with Crippen LogP contribution >= 0.6 is 0 Å². The van der Waals surface area contributed by atoms with Gasteiger partial charge in [0.15, 0.2) is 0 Å². The molecule has 23 heavy (non-hydrogen) atoms. The zero-order valence-electron chi connectivity index (χ0n) is 13.3. The molecule has 0 atom stereocenters. The Morgan fingerprint density at radius 1 is 0.696 bits per heavy atom. The van der Waals surface area contributed by atoms with Crippen LogP contribution in [-0.2, 0) is 9.59 Å². The van der Waals surface area contributed by atoms with E-state index in [2.05, 4.69) is 0 Å². The lowest BCUT2D eigenvalue weighted by Gasteiger charge is -1.99. The van der Waals surface area contributed by atoms with Crippen molar-refractivity contribution in [2.45, 2.75) is 57.8 Å². The average Bonchev–Trinajstić information content (AvgIpc) is 2.45. The van der Waals surface area contributed by atoms with Crippen molar-refractivity contribution >= 4 is 11.9 Å². The van der Waals surface area contributed by atoms with Crippen LogP contribution in [-0.4, -0.2) is 32.4 Å². The highest BCUT2D eigenvalue weighted by Gasteiger charge is 1.98. The normalized spacial score (nSPS) is 9.74. The predicted molar refractivity (Wildman–Crippen MR) is 86.6 cm³/mol. The molecule has 0 saturated carbocycles. The number of benzene rings is 1. The maximum atomic E-state index is 10.2. The van der Waals surface area contributed by atoms with Gasteiger partial charge < -0.3 is 20.4 Å². The highest BCUT2D eigenvalue weighted by Crippen LogP contribution is 2.14. The number of unbranched alkanes of at least 4 members (excludes halogenated alkanes) is 6. The zero-order valence-corrected chi connectivity index (χ0v) is 13.3. The van der Waals surface area contributed by atoms with Crippen LogP contribution in [0.3, 0.4) is 0 Å². The number of phenols is 2. The molecule has 6 nitrogen and oxygen atoms in total. The van der Waals surface area contributed by atoms with E-state index in [0.29, 0.717) is 0 Å². The number of aliphatic carboxylic acids is 2. The van der Waals surface area contributed by atoms with Crippen molar-refractivity contribution in [3.05, 3.63) is 24.3 Å². The molecule has 0 amide bonds. The number of carboxylic acid groups (broad SMARTS) is 2. The number of aromatic hydroxyl groups is 2. The number of carbonyl (C=O) groups is 2. The van der Waals surface area contributed by atoms with E-state index >= 15 is 0 Å². The fourth-order valence-corrected chi connectivity index (χ4v) is 1.93. The number of hydrogen-bond acceptors (Lipinski definition) is 4. The molecule has 0 heterocycles. The first-order valence-corrected chi connectivity index (χ1v) is 7.83. The van der Waals surface area contributed by atoms with Gasteiger partial charge in [-0.25, -0.2) is 0 Å². The number of carboxylic acids is 2. The molecule has 0 unspecified atom stereocenters. The second kappa shape index (κ2) is 13.4. The minimum Gasteiger partial charge on any atom is -0.508 e. The topological polar surface area (TPSA) is 115 Å². The van der Waals surface area contributed by atoms with Crippen LogP contribution in [0.1, 0.15) is 57.8 Å². The van der Waals surface area contributed by atoms with E-state index in [0.717, 1.165) is 44.9 Å². The molecule has 0 aromatic heterocycles. The number of hydrogen-bond donors (Lipinski definition) is 4. The first kappa shape index (κ1) is 20.8. The summed E-state index contributed by atoms with van der Waals surface area (Å²) in [5, 5.41) is 34.1. The van der Waals surface area contributed by atoms with Gasteiger partial charge in [0.25, 0.3) is 0 Å². The Morgan fingerprint density at radius 3 is 1.30 bits per heavy atom. The van der Waals surface area contributed by atoms with Crippen molar-refractivity contribution in [3.8, 4) is 11.5 Å². The lowest BCUT2D eigenvalue weighted by atomic mass is 10.1. The molecule has 1 aromatic rings. The van der Waals surface area contributed by atoms with E-state index in [4.69, 9.17) is 20.4 Å². The van der Waals surface area contributed by atoms with Gasteiger partial charge in [-0.3, -0.25) is 9.59 Å². The van der Waals surface area contributed by atoms with Crippen LogP contribution in [0.15, 0.2) is 24.3 Å². The number of rotatable bonds is 10. The fourth-order valence-electron chi connectivity index (χ4n) is 1.93. The first-order chi connectivity index (χ1) is 10.9. The van der Waals surface area contributed by atoms with Crippen LogP contribution < -0.4 is 0 Å². The number of phenolic OH excluding ortho intramolecular Hbond substituents is 2. The van der Waals surface area contributed by atoms with Gasteiger partial charge in [0.1, 0.15) is 11.5 Å². The van der Waals surface area contributed by atoms with Gasteiger partial charge in [-0.15, -0.1) is 0 Å². The molecule has 4 N–H and O–H groups in total. The third kappa shape index (κ3) is 16.0. The highest BCUT2D eigenvalue weighted by molar-refractivity contribution is 5.66. The molecular weight excluding hydrogens is 300 g/mol. The summed E-state index contributed by atoms with van der Waals surface area (Å²) >= 11 is 0. The summed E-state index contributed by atoms with van der Waals surface area (Å²) in [6.07, 6.45) is 7.16. The van der Waals surface area contributed by atoms with Crippen LogP contribution in [0.2, 0.25) is 0 Å². The maximum Gasteiger partial charge on any atom is 0.303 e. The summed E-state index contributed by atoms with van der Waals surface area (Å²) < 4.78 is 0. The molecule has 0 bridgehead atoms. The van der Waals surface area contributed by atoms with Crippen molar-refractivity contribution in [1.29, 1.82) is 0 Å². The third-order valence-corrected chi connectivity index (χ3v) is 3.11. The second-order valence-corrected chi connectivity index (χ2v) is 5.28. The monoisotopic (exact) mass is 326 g/mol. The van der Waals surface area contributed by atoms with Crippen LogP contribution in [0.25, 0.3) is 0 Å². The quantitative estimate of drug-likeness (QED) is 0.487. The lowest BCUT2D eigenvalue weighted by molar-refractivity contribution is -0.138. The fraction of sp³-hybridized carbons (Fsp3) is 0.529. The summed E-state index contributed by atoms with van der Waals surface area (Å²) in [6.45, 7) is 0. The first-order valence-electron chi connectivity index (χ1n) is 7.83. The smallest absolute Gasteiger partial charge is 0.303 e. The average molecular weight is 326 g/mol. The van der Waals surface area contributed by atoms with Gasteiger partial charge in [0.2, 0.25) is 0 Å². The zero-order chi connectivity index (χ0) is 17.5. The van der Waals surface area contributed by atoms with Gasteiger partial charge in [-0.05, 0) is 25.0 Å². The molecule has 6 heteroatoms. The van der Waals surface area contributed by atoms with Crippen molar-refractivity contribution in [2.24, 2.45) is 0 Å². The van der Waals surface area contributed by atoms with E-state index in [1.165, 1.54) is 18.2 Å². The van der Waals surface area contributed by atoms with Gasteiger partial charge in [0, 0.05) is 18.9 Å². The standard InChI is InChI=1S/C11H20O4.C6H6O2/c12-10(13)8-6-4-2-1-3-5-7-9-11(14)15;7-5-2-1-3-6(8)4-5/h1-9H2,(H,12,13)(H,14,15);1-4,7-8H. The maximum absolute atomic E-state index is 10.2. The van der Waals surface area contributed by atoms with E-state index in [-0.39, 0.29) is 24.3 Å². The molecule has 130 valence electrons. The Labute approximate surface area is 136 Å². The minimum absolute atomic E-state index is 0.0880. The largest absolute Gasteiger partial charge is 0.508 e. The summed E-state index contributed by atoms with van der Waals surface area (Å²) in [6, 6.07) is 5.85. The molecule has 0 aliphatic heterocycles. The molecule has 0 spiro atoms. The molecule has 0 fully saturated rings. The van der Waals surface area contributed by atoms with Gasteiger partial charge in [-0.1, -0.05) is 38.2 Å². The minimum atomic E-state index is -0.726. The molecule has 0 radical (unpaired) electrons. The Bertz CT molecular complexity index is 421. The summed E-state index contributed by atoms with van der Waals surface area (Å²) in [5.41, 5.74) is 0.